The minimum atomic E-state index is -4.65. The van der Waals surface area contributed by atoms with E-state index in [9.17, 15) is 27.6 Å². The number of thioether (sulfide) groups is 1. The van der Waals surface area contributed by atoms with Gasteiger partial charge in [0.05, 0.1) is 17.2 Å². The predicted octanol–water partition coefficient (Wildman–Crippen LogP) is 5.18. The molecule has 2 rings (SSSR count). The number of halogens is 4. The fourth-order valence-electron chi connectivity index (χ4n) is 2.13. The maximum Gasteiger partial charge on any atom is 0.446 e. The number of nitrogens with zero attached hydrogens (tertiary/aromatic N) is 2. The molecule has 0 fully saturated rings. The van der Waals surface area contributed by atoms with Crippen LogP contribution in [0.2, 0.25) is 0 Å². The fraction of sp³-hybridized carbons (Fsp3) is 0.118. The lowest BCUT2D eigenvalue weighted by molar-refractivity contribution is -0.0328. The minimum Gasteiger partial charge on any atom is -0.456 e. The summed E-state index contributed by atoms with van der Waals surface area (Å²) in [6.45, 7) is 1.02. The van der Waals surface area contributed by atoms with Gasteiger partial charge in [-0.2, -0.15) is 23.7 Å². The highest BCUT2D eigenvalue weighted by atomic mass is 32.2. The van der Waals surface area contributed by atoms with Gasteiger partial charge in [-0.1, -0.05) is 0 Å². The maximum atomic E-state index is 13.5. The molecule has 9 heteroatoms. The number of hydrogen-bond acceptors (Lipinski definition) is 5. The average Bonchev–Trinajstić information content (AvgIpc) is 2.53. The molecular weight excluding hydrogens is 372 g/mol. The first kappa shape index (κ1) is 19.3. The molecule has 0 aromatic heterocycles. The molecule has 4 nitrogen and oxygen atoms in total. The molecule has 0 saturated carbocycles. The molecule has 2 aromatic carbocycles. The summed E-state index contributed by atoms with van der Waals surface area (Å²) in [6.07, 6.45) is 0. The SMILES string of the molecule is CC(=O)c1c(SC(F)(F)F)ccc(Oc2cc(F)cc(C#N)c2)c1C#N. The van der Waals surface area contributed by atoms with E-state index in [1.165, 1.54) is 6.07 Å². The van der Waals surface area contributed by atoms with Crippen molar-refractivity contribution in [1.29, 1.82) is 10.5 Å². The standard InChI is InChI=1S/C17H8F4N2O2S/c1-9(24)16-13(8-23)14(2-3-15(16)26-17(19,20)21)25-12-5-10(7-22)4-11(18)6-12/h2-6H,1H3. The molecule has 0 aliphatic carbocycles. The Labute approximate surface area is 149 Å². The van der Waals surface area contributed by atoms with E-state index in [2.05, 4.69) is 0 Å². The van der Waals surface area contributed by atoms with Gasteiger partial charge in [-0.05, 0) is 43.0 Å². The van der Waals surface area contributed by atoms with Gasteiger partial charge in [0.15, 0.2) is 5.78 Å². The molecule has 0 heterocycles. The van der Waals surface area contributed by atoms with Crippen LogP contribution in [0.3, 0.4) is 0 Å². The van der Waals surface area contributed by atoms with Crippen LogP contribution < -0.4 is 4.74 Å². The summed E-state index contributed by atoms with van der Waals surface area (Å²) in [7, 11) is 0. The Bertz CT molecular complexity index is 959. The highest BCUT2D eigenvalue weighted by Gasteiger charge is 2.32. The zero-order valence-corrected chi connectivity index (χ0v) is 13.8. The zero-order chi connectivity index (χ0) is 19.5. The third-order valence-corrected chi connectivity index (χ3v) is 3.84. The highest BCUT2D eigenvalue weighted by molar-refractivity contribution is 8.00. The van der Waals surface area contributed by atoms with Crippen molar-refractivity contribution in [1.82, 2.24) is 0 Å². The van der Waals surface area contributed by atoms with E-state index >= 15 is 0 Å². The van der Waals surface area contributed by atoms with Crippen molar-refractivity contribution in [3.63, 3.8) is 0 Å². The topological polar surface area (TPSA) is 73.9 Å². The van der Waals surface area contributed by atoms with Crippen LogP contribution in [0.15, 0.2) is 35.2 Å². The van der Waals surface area contributed by atoms with Crippen molar-refractivity contribution in [2.45, 2.75) is 17.3 Å². The Kier molecular flexibility index (Phi) is 5.53. The molecule has 2 aromatic rings. The molecule has 26 heavy (non-hydrogen) atoms. The predicted molar refractivity (Wildman–Crippen MR) is 84.3 cm³/mol. The first-order valence-electron chi connectivity index (χ1n) is 6.87. The van der Waals surface area contributed by atoms with Crippen molar-refractivity contribution in [2.24, 2.45) is 0 Å². The van der Waals surface area contributed by atoms with Crippen LogP contribution in [-0.4, -0.2) is 11.3 Å². The Hall–Kier alpha value is -3.04. The monoisotopic (exact) mass is 380 g/mol. The van der Waals surface area contributed by atoms with E-state index in [1.54, 1.807) is 12.1 Å². The lowest BCUT2D eigenvalue weighted by Crippen LogP contribution is -2.06. The first-order valence-corrected chi connectivity index (χ1v) is 7.68. The Morgan fingerprint density at radius 2 is 1.85 bits per heavy atom. The average molecular weight is 380 g/mol. The normalized spacial score (nSPS) is 10.7. The van der Waals surface area contributed by atoms with Crippen molar-refractivity contribution in [3.05, 3.63) is 52.8 Å². The highest BCUT2D eigenvalue weighted by Crippen LogP contribution is 2.42. The molecule has 0 spiro atoms. The van der Waals surface area contributed by atoms with Crippen LogP contribution >= 0.6 is 11.8 Å². The van der Waals surface area contributed by atoms with Gasteiger partial charge < -0.3 is 4.74 Å². The van der Waals surface area contributed by atoms with Crippen LogP contribution in [0.5, 0.6) is 11.5 Å². The van der Waals surface area contributed by atoms with Crippen molar-refractivity contribution in [2.75, 3.05) is 0 Å². The lowest BCUT2D eigenvalue weighted by atomic mass is 10.0. The molecule has 0 aliphatic heterocycles. The van der Waals surface area contributed by atoms with E-state index in [0.717, 1.165) is 31.2 Å². The summed E-state index contributed by atoms with van der Waals surface area (Å²) in [5.41, 5.74) is -5.54. The van der Waals surface area contributed by atoms with Gasteiger partial charge in [0.2, 0.25) is 0 Å². The quantitative estimate of drug-likeness (QED) is 0.415. The van der Waals surface area contributed by atoms with E-state index in [4.69, 9.17) is 10.00 Å². The molecule has 0 atom stereocenters. The Morgan fingerprint density at radius 1 is 1.15 bits per heavy atom. The first-order chi connectivity index (χ1) is 12.1. The number of carbonyl (C=O) groups excluding carboxylic acids is 1. The van der Waals surface area contributed by atoms with Crippen LogP contribution in [-0.2, 0) is 0 Å². The van der Waals surface area contributed by atoms with Crippen molar-refractivity contribution in [3.8, 4) is 23.6 Å². The number of rotatable bonds is 4. The summed E-state index contributed by atoms with van der Waals surface area (Å²) in [4.78, 5) is 11.4. The summed E-state index contributed by atoms with van der Waals surface area (Å²) in [5, 5.41) is 18.1. The molecule has 0 saturated heterocycles. The second-order valence-electron chi connectivity index (χ2n) is 4.92. The second kappa shape index (κ2) is 7.46. The van der Waals surface area contributed by atoms with Crippen LogP contribution in [0.1, 0.15) is 28.4 Å². The molecule has 0 aliphatic rings. The fourth-order valence-corrected chi connectivity index (χ4v) is 2.87. The van der Waals surface area contributed by atoms with Gasteiger partial charge in [0, 0.05) is 11.0 Å². The van der Waals surface area contributed by atoms with E-state index in [1.807, 2.05) is 0 Å². The summed E-state index contributed by atoms with van der Waals surface area (Å²) < 4.78 is 56.8. The Balaban J connectivity index is 2.56. The van der Waals surface area contributed by atoms with Gasteiger partial charge >= 0.3 is 5.51 Å². The van der Waals surface area contributed by atoms with Gasteiger partial charge in [-0.25, -0.2) is 4.39 Å². The van der Waals surface area contributed by atoms with Gasteiger partial charge in [0.25, 0.3) is 0 Å². The second-order valence-corrected chi connectivity index (χ2v) is 6.02. The molecule has 0 radical (unpaired) electrons. The molecule has 0 unspecified atom stereocenters. The lowest BCUT2D eigenvalue weighted by Gasteiger charge is -2.14. The molecule has 0 bridgehead atoms. The molecule has 0 amide bonds. The van der Waals surface area contributed by atoms with Gasteiger partial charge in [-0.15, -0.1) is 0 Å². The largest absolute Gasteiger partial charge is 0.456 e. The van der Waals surface area contributed by atoms with Crippen LogP contribution in [0.4, 0.5) is 17.6 Å². The van der Waals surface area contributed by atoms with Crippen LogP contribution in [0, 0.1) is 28.5 Å². The van der Waals surface area contributed by atoms with E-state index in [-0.39, 0.29) is 17.1 Å². The summed E-state index contributed by atoms with van der Waals surface area (Å²) in [5.74, 6) is -1.88. The number of benzene rings is 2. The Morgan fingerprint density at radius 3 is 2.38 bits per heavy atom. The smallest absolute Gasteiger partial charge is 0.446 e. The number of alkyl halides is 3. The third kappa shape index (κ3) is 4.52. The van der Waals surface area contributed by atoms with E-state index in [0.29, 0.717) is 0 Å². The maximum absolute atomic E-state index is 13.5. The summed E-state index contributed by atoms with van der Waals surface area (Å²) in [6, 6.07) is 8.53. The number of nitriles is 2. The van der Waals surface area contributed by atoms with E-state index < -0.39 is 44.9 Å². The minimum absolute atomic E-state index is 0.0467. The number of hydrogen-bond donors (Lipinski definition) is 0. The zero-order valence-electron chi connectivity index (χ0n) is 13.0. The number of carbonyl (C=O) groups is 1. The molecule has 132 valence electrons. The molecular formula is C17H8F4N2O2S. The van der Waals surface area contributed by atoms with Crippen molar-refractivity contribution < 1.29 is 27.1 Å². The van der Waals surface area contributed by atoms with Gasteiger partial charge in [-0.3, -0.25) is 4.79 Å². The molecule has 0 N–H and O–H groups in total. The van der Waals surface area contributed by atoms with Gasteiger partial charge in [0.1, 0.15) is 28.9 Å². The van der Waals surface area contributed by atoms with Crippen molar-refractivity contribution >= 4 is 17.5 Å². The van der Waals surface area contributed by atoms with Crippen LogP contribution in [0.25, 0.3) is 0 Å². The summed E-state index contributed by atoms with van der Waals surface area (Å²) >= 11 is -0.522. The number of ether oxygens (including phenoxy) is 1. The number of Topliss-reactive ketones (excluding diaryl/α,β-unsaturated/α-hetero) is 1. The third-order valence-electron chi connectivity index (χ3n) is 3.05. The number of ketones is 1.